The maximum atomic E-state index is 14.2. The van der Waals surface area contributed by atoms with E-state index in [4.69, 9.17) is 9.47 Å². The maximum Gasteiger partial charge on any atom is 0.327 e. The number of halogens is 1. The Labute approximate surface area is 142 Å². The lowest BCUT2D eigenvalue weighted by Crippen LogP contribution is -2.40. The van der Waals surface area contributed by atoms with Crippen LogP contribution in [0.2, 0.25) is 0 Å². The molecule has 24 heavy (non-hydrogen) atoms. The first-order valence-corrected chi connectivity index (χ1v) is 8.55. The van der Waals surface area contributed by atoms with E-state index >= 15 is 0 Å². The zero-order valence-corrected chi connectivity index (χ0v) is 14.1. The maximum absolute atomic E-state index is 14.2. The van der Waals surface area contributed by atoms with E-state index in [0.717, 1.165) is 52.4 Å². The van der Waals surface area contributed by atoms with Crippen LogP contribution in [0.1, 0.15) is 18.0 Å². The Balaban J connectivity index is 1.68. The van der Waals surface area contributed by atoms with Crippen molar-refractivity contribution in [3.63, 3.8) is 0 Å². The number of hydrogen-bond acceptors (Lipinski definition) is 5. The van der Waals surface area contributed by atoms with Crippen LogP contribution in [0.25, 0.3) is 0 Å². The summed E-state index contributed by atoms with van der Waals surface area (Å²) in [7, 11) is 1.36. The summed E-state index contributed by atoms with van der Waals surface area (Å²) in [4.78, 5) is 16.8. The molecule has 2 aliphatic heterocycles. The summed E-state index contributed by atoms with van der Waals surface area (Å²) < 4.78 is 24.5. The first kappa shape index (κ1) is 17.3. The molecule has 0 N–H and O–H groups in total. The molecule has 0 amide bonds. The van der Waals surface area contributed by atoms with Gasteiger partial charge in [0.25, 0.3) is 0 Å². The average Bonchev–Trinajstić information content (AvgIpc) is 3.05. The van der Waals surface area contributed by atoms with E-state index in [-0.39, 0.29) is 5.82 Å². The number of rotatable bonds is 5. The van der Waals surface area contributed by atoms with Crippen molar-refractivity contribution >= 4 is 5.97 Å². The Morgan fingerprint density at radius 2 is 2.08 bits per heavy atom. The van der Waals surface area contributed by atoms with Gasteiger partial charge in [-0.1, -0.05) is 18.2 Å². The number of esters is 1. The van der Waals surface area contributed by atoms with Crippen LogP contribution in [0.15, 0.2) is 24.3 Å². The number of nitrogens with zero attached hydrogens (tertiary/aromatic N) is 2. The van der Waals surface area contributed by atoms with Crippen molar-refractivity contribution in [3.05, 3.63) is 35.6 Å². The summed E-state index contributed by atoms with van der Waals surface area (Å²) in [6, 6.07) is 5.80. The van der Waals surface area contributed by atoms with Crippen LogP contribution in [0.5, 0.6) is 0 Å². The number of carbonyl (C=O) groups is 1. The Hall–Kier alpha value is -1.50. The molecular formula is C18H25FN2O3. The van der Waals surface area contributed by atoms with Crippen molar-refractivity contribution in [2.24, 2.45) is 5.92 Å². The molecule has 2 fully saturated rings. The highest BCUT2D eigenvalue weighted by Gasteiger charge is 2.36. The Bertz CT molecular complexity index is 563. The monoisotopic (exact) mass is 336 g/mol. The van der Waals surface area contributed by atoms with Gasteiger partial charge in [0.15, 0.2) is 0 Å². The van der Waals surface area contributed by atoms with Gasteiger partial charge in [-0.05, 0) is 24.9 Å². The largest absolute Gasteiger partial charge is 0.468 e. The molecule has 0 aromatic heterocycles. The van der Waals surface area contributed by atoms with E-state index in [9.17, 15) is 9.18 Å². The average molecular weight is 336 g/mol. The lowest BCUT2D eigenvalue weighted by molar-refractivity contribution is -0.147. The quantitative estimate of drug-likeness (QED) is 0.766. The molecule has 0 saturated carbocycles. The summed E-state index contributed by atoms with van der Waals surface area (Å²) >= 11 is 0. The van der Waals surface area contributed by atoms with Crippen molar-refractivity contribution in [1.29, 1.82) is 0 Å². The van der Waals surface area contributed by atoms with E-state index in [2.05, 4.69) is 9.80 Å². The van der Waals surface area contributed by atoms with Gasteiger partial charge in [0, 0.05) is 31.7 Å². The number of ether oxygens (including phenoxy) is 2. The van der Waals surface area contributed by atoms with E-state index in [1.165, 1.54) is 13.2 Å². The molecule has 2 saturated heterocycles. The Kier molecular flexibility index (Phi) is 5.81. The molecule has 0 aliphatic carbocycles. The highest BCUT2D eigenvalue weighted by Crippen LogP contribution is 2.30. The summed E-state index contributed by atoms with van der Waals surface area (Å²) in [5, 5.41) is 0. The van der Waals surface area contributed by atoms with Crippen LogP contribution in [0.3, 0.4) is 0 Å². The number of morpholine rings is 1. The van der Waals surface area contributed by atoms with Gasteiger partial charge in [-0.15, -0.1) is 0 Å². The smallest absolute Gasteiger partial charge is 0.327 e. The molecule has 2 heterocycles. The normalized spacial score (nSPS) is 24.0. The molecule has 2 atom stereocenters. The zero-order chi connectivity index (χ0) is 16.9. The summed E-state index contributed by atoms with van der Waals surface area (Å²) in [5.41, 5.74) is 0.399. The van der Waals surface area contributed by atoms with E-state index in [1.807, 2.05) is 0 Å². The van der Waals surface area contributed by atoms with Crippen LogP contribution in [0, 0.1) is 11.7 Å². The Morgan fingerprint density at radius 3 is 2.79 bits per heavy atom. The molecule has 0 bridgehead atoms. The predicted molar refractivity (Wildman–Crippen MR) is 88.1 cm³/mol. The first-order chi connectivity index (χ1) is 11.7. The summed E-state index contributed by atoms with van der Waals surface area (Å²) in [6.45, 7) is 6.07. The molecule has 0 unspecified atom stereocenters. The molecular weight excluding hydrogens is 311 g/mol. The SMILES string of the molecule is COC(=O)[C@@H](c1ccccc1F)N1CC[C@H](CN2CCOCC2)C1. The fourth-order valence-corrected chi connectivity index (χ4v) is 3.68. The van der Waals surface area contributed by atoms with Gasteiger partial charge in [0.2, 0.25) is 0 Å². The number of hydrogen-bond donors (Lipinski definition) is 0. The van der Waals surface area contributed by atoms with Crippen LogP contribution >= 0.6 is 0 Å². The second-order valence-electron chi connectivity index (χ2n) is 6.51. The lowest BCUT2D eigenvalue weighted by atomic mass is 10.0. The molecule has 2 aliphatic rings. The van der Waals surface area contributed by atoms with Gasteiger partial charge in [0.1, 0.15) is 11.9 Å². The third-order valence-corrected chi connectivity index (χ3v) is 4.93. The number of likely N-dealkylation sites (tertiary alicyclic amines) is 1. The fraction of sp³-hybridized carbons (Fsp3) is 0.611. The topological polar surface area (TPSA) is 42.0 Å². The van der Waals surface area contributed by atoms with Crippen LogP contribution in [0.4, 0.5) is 4.39 Å². The van der Waals surface area contributed by atoms with Gasteiger partial charge < -0.3 is 9.47 Å². The van der Waals surface area contributed by atoms with E-state index < -0.39 is 12.0 Å². The summed E-state index contributed by atoms with van der Waals surface area (Å²) in [5.74, 6) is -0.265. The van der Waals surface area contributed by atoms with Crippen molar-refractivity contribution < 1.29 is 18.7 Å². The minimum Gasteiger partial charge on any atom is -0.468 e. The van der Waals surface area contributed by atoms with Gasteiger partial charge in [0.05, 0.1) is 20.3 Å². The minimum absolute atomic E-state index is 0.357. The molecule has 3 rings (SSSR count). The third kappa shape index (κ3) is 3.94. The van der Waals surface area contributed by atoms with Gasteiger partial charge in [-0.3, -0.25) is 9.80 Å². The van der Waals surface area contributed by atoms with Gasteiger partial charge >= 0.3 is 5.97 Å². The molecule has 0 spiro atoms. The van der Waals surface area contributed by atoms with Crippen LogP contribution < -0.4 is 0 Å². The van der Waals surface area contributed by atoms with E-state index in [0.29, 0.717) is 11.5 Å². The van der Waals surface area contributed by atoms with Crippen molar-refractivity contribution in [1.82, 2.24) is 9.80 Å². The highest BCUT2D eigenvalue weighted by molar-refractivity contribution is 5.77. The molecule has 5 nitrogen and oxygen atoms in total. The Morgan fingerprint density at radius 1 is 1.33 bits per heavy atom. The fourth-order valence-electron chi connectivity index (χ4n) is 3.68. The molecule has 132 valence electrons. The zero-order valence-electron chi connectivity index (χ0n) is 14.1. The van der Waals surface area contributed by atoms with E-state index in [1.54, 1.807) is 18.2 Å². The van der Waals surface area contributed by atoms with Gasteiger partial charge in [-0.2, -0.15) is 0 Å². The predicted octanol–water partition coefficient (Wildman–Crippen LogP) is 1.69. The highest BCUT2D eigenvalue weighted by atomic mass is 19.1. The standard InChI is InChI=1S/C18H25FN2O3/c1-23-18(22)17(15-4-2-3-5-16(15)19)21-7-6-14(13-21)12-20-8-10-24-11-9-20/h2-5,14,17H,6-13H2,1H3/t14-,17-/m1/s1. The lowest BCUT2D eigenvalue weighted by Gasteiger charge is -2.30. The van der Waals surface area contributed by atoms with Crippen molar-refractivity contribution in [3.8, 4) is 0 Å². The van der Waals surface area contributed by atoms with Crippen LogP contribution in [-0.4, -0.2) is 68.8 Å². The second-order valence-corrected chi connectivity index (χ2v) is 6.51. The first-order valence-electron chi connectivity index (χ1n) is 8.55. The second kappa shape index (κ2) is 8.05. The summed E-state index contributed by atoms with van der Waals surface area (Å²) in [6.07, 6.45) is 1.01. The van der Waals surface area contributed by atoms with Crippen molar-refractivity contribution in [2.75, 3.05) is 53.0 Å². The van der Waals surface area contributed by atoms with Crippen molar-refractivity contribution in [2.45, 2.75) is 12.5 Å². The molecule has 0 radical (unpaired) electrons. The molecule has 6 heteroatoms. The van der Waals surface area contributed by atoms with Crippen LogP contribution in [-0.2, 0) is 14.3 Å². The minimum atomic E-state index is -0.661. The third-order valence-electron chi connectivity index (χ3n) is 4.93. The molecule has 1 aromatic rings. The number of methoxy groups -OCH3 is 1. The molecule has 1 aromatic carbocycles. The van der Waals surface area contributed by atoms with Gasteiger partial charge in [-0.25, -0.2) is 9.18 Å². The number of benzene rings is 1. The number of carbonyl (C=O) groups excluding carboxylic acids is 1.